The highest BCUT2D eigenvalue weighted by Crippen LogP contribution is 2.27. The molecule has 0 heterocycles. The topological polar surface area (TPSA) is 26.3 Å². The minimum absolute atomic E-state index is 0.0562. The Morgan fingerprint density at radius 1 is 1.26 bits per heavy atom. The predicted molar refractivity (Wildman–Crippen MR) is 61.5 cm³/mol. The average Bonchev–Trinajstić information content (AvgIpc) is 2.31. The Labute approximate surface area is 108 Å². The zero-order valence-corrected chi connectivity index (χ0v) is 10.6. The number of halogens is 4. The van der Waals surface area contributed by atoms with Crippen molar-refractivity contribution in [2.24, 2.45) is 5.92 Å². The summed E-state index contributed by atoms with van der Waals surface area (Å²) in [5.74, 6) is -2.67. The second-order valence-electron chi connectivity index (χ2n) is 4.07. The number of carbonyl (C=O) groups excluding carboxylic acids is 1. The Hall–Kier alpha value is -1.59. The molecule has 0 saturated carbocycles. The molecule has 0 atom stereocenters. The molecule has 0 aliphatic rings. The average molecular weight is 278 g/mol. The van der Waals surface area contributed by atoms with Gasteiger partial charge in [0.25, 0.3) is 0 Å². The molecule has 0 unspecified atom stereocenters. The number of ketones is 1. The van der Waals surface area contributed by atoms with Gasteiger partial charge in [-0.05, 0) is 31.0 Å². The first-order chi connectivity index (χ1) is 8.78. The van der Waals surface area contributed by atoms with E-state index in [-0.39, 0.29) is 17.3 Å². The molecule has 0 aliphatic carbocycles. The number of alkyl halides is 3. The Morgan fingerprint density at radius 2 is 1.84 bits per heavy atom. The van der Waals surface area contributed by atoms with Gasteiger partial charge in [0.1, 0.15) is 0 Å². The molecular weight excluding hydrogens is 264 g/mol. The number of carbonyl (C=O) groups is 1. The lowest BCUT2D eigenvalue weighted by molar-refractivity contribution is -0.275. The molecule has 0 radical (unpaired) electrons. The Bertz CT molecular complexity index is 450. The SMILES string of the molecule is CCC(CC)C(=O)c1ccc(OC(F)(F)F)c(F)c1. The lowest BCUT2D eigenvalue weighted by Gasteiger charge is -2.13. The highest BCUT2D eigenvalue weighted by Gasteiger charge is 2.32. The molecule has 1 rings (SSSR count). The van der Waals surface area contributed by atoms with Gasteiger partial charge in [0, 0.05) is 11.5 Å². The van der Waals surface area contributed by atoms with E-state index in [9.17, 15) is 22.4 Å². The first kappa shape index (κ1) is 15.5. The quantitative estimate of drug-likeness (QED) is 0.591. The zero-order chi connectivity index (χ0) is 14.6. The van der Waals surface area contributed by atoms with E-state index in [1.54, 1.807) is 0 Å². The van der Waals surface area contributed by atoms with E-state index in [0.29, 0.717) is 12.8 Å². The number of hydrogen-bond acceptors (Lipinski definition) is 2. The van der Waals surface area contributed by atoms with Gasteiger partial charge in [-0.3, -0.25) is 4.79 Å². The number of rotatable bonds is 5. The van der Waals surface area contributed by atoms with Gasteiger partial charge in [0.2, 0.25) is 0 Å². The Morgan fingerprint density at radius 3 is 2.26 bits per heavy atom. The minimum atomic E-state index is -4.96. The van der Waals surface area contributed by atoms with Crippen molar-refractivity contribution in [2.75, 3.05) is 0 Å². The van der Waals surface area contributed by atoms with Crippen molar-refractivity contribution in [3.63, 3.8) is 0 Å². The molecule has 1 aromatic carbocycles. The maximum atomic E-state index is 13.4. The minimum Gasteiger partial charge on any atom is -0.403 e. The van der Waals surface area contributed by atoms with Crippen molar-refractivity contribution < 1.29 is 27.1 Å². The van der Waals surface area contributed by atoms with Gasteiger partial charge in [-0.15, -0.1) is 13.2 Å². The summed E-state index contributed by atoms with van der Waals surface area (Å²) < 4.78 is 52.8. The van der Waals surface area contributed by atoms with Gasteiger partial charge in [0.05, 0.1) is 0 Å². The summed E-state index contributed by atoms with van der Waals surface area (Å²) >= 11 is 0. The summed E-state index contributed by atoms with van der Waals surface area (Å²) in [4.78, 5) is 11.9. The van der Waals surface area contributed by atoms with Crippen LogP contribution in [0.4, 0.5) is 17.6 Å². The molecule has 0 fully saturated rings. The van der Waals surface area contributed by atoms with Crippen LogP contribution in [0.3, 0.4) is 0 Å². The van der Waals surface area contributed by atoms with Crippen LogP contribution in [-0.2, 0) is 0 Å². The first-order valence-electron chi connectivity index (χ1n) is 5.88. The third-order valence-electron chi connectivity index (χ3n) is 2.80. The fourth-order valence-corrected chi connectivity index (χ4v) is 1.76. The van der Waals surface area contributed by atoms with E-state index < -0.39 is 17.9 Å². The maximum absolute atomic E-state index is 13.4. The predicted octanol–water partition coefficient (Wildman–Crippen LogP) is 4.34. The molecule has 0 aliphatic heterocycles. The largest absolute Gasteiger partial charge is 0.573 e. The van der Waals surface area contributed by atoms with Crippen molar-refractivity contribution >= 4 is 5.78 Å². The van der Waals surface area contributed by atoms with E-state index >= 15 is 0 Å². The third kappa shape index (κ3) is 4.22. The monoisotopic (exact) mass is 278 g/mol. The molecule has 0 spiro atoms. The summed E-state index contributed by atoms with van der Waals surface area (Å²) in [6.45, 7) is 3.65. The van der Waals surface area contributed by atoms with E-state index in [2.05, 4.69) is 4.74 Å². The number of Topliss-reactive ketones (excluding diaryl/α,β-unsaturated/α-hetero) is 1. The number of hydrogen-bond donors (Lipinski definition) is 0. The zero-order valence-electron chi connectivity index (χ0n) is 10.6. The third-order valence-corrected chi connectivity index (χ3v) is 2.80. The molecule has 2 nitrogen and oxygen atoms in total. The second kappa shape index (κ2) is 6.04. The molecular formula is C13H14F4O2. The van der Waals surface area contributed by atoms with Crippen LogP contribution in [0, 0.1) is 11.7 Å². The second-order valence-corrected chi connectivity index (χ2v) is 4.07. The van der Waals surface area contributed by atoms with Gasteiger partial charge in [-0.25, -0.2) is 4.39 Å². The molecule has 0 saturated heterocycles. The van der Waals surface area contributed by atoms with Crippen molar-refractivity contribution in [2.45, 2.75) is 33.1 Å². The molecule has 0 aromatic heterocycles. The van der Waals surface area contributed by atoms with Crippen LogP contribution in [-0.4, -0.2) is 12.1 Å². The van der Waals surface area contributed by atoms with Gasteiger partial charge in [-0.2, -0.15) is 0 Å². The van der Waals surface area contributed by atoms with Crippen LogP contribution in [0.2, 0.25) is 0 Å². The summed E-state index contributed by atoms with van der Waals surface area (Å²) in [6, 6.07) is 2.74. The fourth-order valence-electron chi connectivity index (χ4n) is 1.76. The van der Waals surface area contributed by atoms with Crippen molar-refractivity contribution in [3.05, 3.63) is 29.6 Å². The van der Waals surface area contributed by atoms with Crippen molar-refractivity contribution in [3.8, 4) is 5.75 Å². The van der Waals surface area contributed by atoms with Crippen LogP contribution in [0.15, 0.2) is 18.2 Å². The molecule has 106 valence electrons. The van der Waals surface area contributed by atoms with E-state index in [0.717, 1.165) is 18.2 Å². The first-order valence-corrected chi connectivity index (χ1v) is 5.88. The van der Waals surface area contributed by atoms with E-state index in [1.807, 2.05) is 13.8 Å². The van der Waals surface area contributed by atoms with Crippen LogP contribution < -0.4 is 4.74 Å². The van der Waals surface area contributed by atoms with Crippen molar-refractivity contribution in [1.82, 2.24) is 0 Å². The van der Waals surface area contributed by atoms with Gasteiger partial charge in [-0.1, -0.05) is 13.8 Å². The van der Waals surface area contributed by atoms with Crippen LogP contribution in [0.25, 0.3) is 0 Å². The lowest BCUT2D eigenvalue weighted by Crippen LogP contribution is -2.18. The highest BCUT2D eigenvalue weighted by molar-refractivity contribution is 5.97. The van der Waals surface area contributed by atoms with Crippen LogP contribution in [0.5, 0.6) is 5.75 Å². The van der Waals surface area contributed by atoms with E-state index in [1.165, 1.54) is 0 Å². The molecule has 0 N–H and O–H groups in total. The Kier molecular flexibility index (Phi) is 4.91. The van der Waals surface area contributed by atoms with Gasteiger partial charge >= 0.3 is 6.36 Å². The summed E-state index contributed by atoms with van der Waals surface area (Å²) in [6.07, 6.45) is -3.77. The maximum Gasteiger partial charge on any atom is 0.573 e. The standard InChI is InChI=1S/C13H14F4O2/c1-3-8(4-2)12(18)9-5-6-11(10(14)7-9)19-13(15,16)17/h5-8H,3-4H2,1-2H3. The molecule has 0 amide bonds. The normalized spacial score (nSPS) is 11.7. The van der Waals surface area contributed by atoms with Gasteiger partial charge < -0.3 is 4.74 Å². The Balaban J connectivity index is 2.96. The van der Waals surface area contributed by atoms with Gasteiger partial charge in [0.15, 0.2) is 17.3 Å². The van der Waals surface area contributed by atoms with Crippen LogP contribution >= 0.6 is 0 Å². The molecule has 1 aromatic rings. The highest BCUT2D eigenvalue weighted by atomic mass is 19.4. The summed E-state index contributed by atoms with van der Waals surface area (Å²) in [5, 5.41) is 0. The number of benzene rings is 1. The number of ether oxygens (including phenoxy) is 1. The lowest BCUT2D eigenvalue weighted by atomic mass is 9.93. The smallest absolute Gasteiger partial charge is 0.403 e. The molecule has 0 bridgehead atoms. The van der Waals surface area contributed by atoms with Crippen molar-refractivity contribution in [1.29, 1.82) is 0 Å². The van der Waals surface area contributed by atoms with Crippen LogP contribution in [0.1, 0.15) is 37.0 Å². The molecule has 19 heavy (non-hydrogen) atoms. The fraction of sp³-hybridized carbons (Fsp3) is 0.462. The summed E-state index contributed by atoms with van der Waals surface area (Å²) in [5.41, 5.74) is 0.0562. The van der Waals surface area contributed by atoms with E-state index in [4.69, 9.17) is 0 Å². The summed E-state index contributed by atoms with van der Waals surface area (Å²) in [7, 11) is 0. The molecule has 6 heteroatoms.